The SMILES string of the molecule is CC(=O)C(CN1CCC(c2ccccc2)(c2ccccc2)CC1)C(COCCN=[N+]=[N-])N(C(=O)c1ccccn1)C1CC=C([N+](=O)[O-])C=C1C. The van der Waals surface area contributed by atoms with Crippen molar-refractivity contribution >= 4 is 11.7 Å². The summed E-state index contributed by atoms with van der Waals surface area (Å²) in [6.07, 6.45) is 6.40. The third-order valence-electron chi connectivity index (χ3n) is 9.97. The molecule has 0 saturated carbocycles. The average molecular weight is 678 g/mol. The summed E-state index contributed by atoms with van der Waals surface area (Å²) in [5.41, 5.74) is 11.9. The number of azide groups is 1. The van der Waals surface area contributed by atoms with Gasteiger partial charge in [0, 0.05) is 35.7 Å². The molecule has 1 aromatic heterocycles. The van der Waals surface area contributed by atoms with Gasteiger partial charge in [0.25, 0.3) is 11.6 Å². The Morgan fingerprint density at radius 3 is 2.26 bits per heavy atom. The number of hydrogen-bond donors (Lipinski definition) is 0. The fraction of sp³-hybridized carbons (Fsp3) is 0.395. The molecule has 1 amide bonds. The van der Waals surface area contributed by atoms with Crippen molar-refractivity contribution in [3.63, 3.8) is 0 Å². The maximum Gasteiger partial charge on any atom is 0.273 e. The van der Waals surface area contributed by atoms with Crippen molar-refractivity contribution in [2.24, 2.45) is 11.0 Å². The largest absolute Gasteiger partial charge is 0.379 e. The van der Waals surface area contributed by atoms with E-state index in [9.17, 15) is 19.7 Å². The fourth-order valence-electron chi connectivity index (χ4n) is 7.33. The lowest BCUT2D eigenvalue weighted by molar-refractivity contribution is -0.419. The molecule has 260 valence electrons. The summed E-state index contributed by atoms with van der Waals surface area (Å²) >= 11 is 0. The summed E-state index contributed by atoms with van der Waals surface area (Å²) in [5, 5.41) is 15.2. The minimum atomic E-state index is -0.748. The summed E-state index contributed by atoms with van der Waals surface area (Å²) < 4.78 is 6.03. The van der Waals surface area contributed by atoms with E-state index in [0.717, 1.165) is 25.9 Å². The smallest absolute Gasteiger partial charge is 0.273 e. The van der Waals surface area contributed by atoms with Gasteiger partial charge in [0.1, 0.15) is 11.5 Å². The van der Waals surface area contributed by atoms with Gasteiger partial charge in [-0.1, -0.05) is 71.8 Å². The summed E-state index contributed by atoms with van der Waals surface area (Å²) in [6, 6.07) is 24.8. The Hall–Kier alpha value is -5.16. The van der Waals surface area contributed by atoms with Crippen LogP contribution in [0.5, 0.6) is 0 Å². The number of benzene rings is 2. The molecule has 12 heteroatoms. The molecule has 5 rings (SSSR count). The number of Topliss-reactive ketones (excluding diaryl/α,β-unsaturated/α-hetero) is 1. The number of aromatic nitrogens is 1. The van der Waals surface area contributed by atoms with E-state index >= 15 is 0 Å². The van der Waals surface area contributed by atoms with E-state index in [0.29, 0.717) is 12.1 Å². The molecule has 3 atom stereocenters. The summed E-state index contributed by atoms with van der Waals surface area (Å²) in [5.74, 6) is -1.16. The minimum Gasteiger partial charge on any atom is -0.379 e. The van der Waals surface area contributed by atoms with Gasteiger partial charge in [-0.05, 0) is 86.6 Å². The molecule has 1 aliphatic heterocycles. The number of carbonyl (C=O) groups is 2. The molecular weight excluding hydrogens is 634 g/mol. The standard InChI is InChI=1S/C38H43N7O5/c1-28-25-32(45(48)49)16-17-35(28)44(37(47)34-15-9-10-20-40-34)36(27-50-24-21-41-42-39)33(29(2)46)26-43-22-18-38(19-23-43,30-11-5-3-6-12-30)31-13-7-4-8-14-31/h3-16,20,25,33,35-36H,17-19,21-24,26-27H2,1-2H3. The molecular formula is C38H43N7O5. The quantitative estimate of drug-likeness (QED) is 0.0451. The number of nitro groups is 1. The van der Waals surface area contributed by atoms with Crippen molar-refractivity contribution in [3.05, 3.63) is 146 Å². The van der Waals surface area contributed by atoms with E-state index in [4.69, 9.17) is 10.3 Å². The first kappa shape index (κ1) is 36.1. The van der Waals surface area contributed by atoms with Crippen LogP contribution in [-0.4, -0.2) is 82.9 Å². The number of ether oxygens (including phenoxy) is 1. The number of likely N-dealkylation sites (tertiary alicyclic amines) is 1. The Morgan fingerprint density at radius 1 is 1.08 bits per heavy atom. The Balaban J connectivity index is 1.48. The summed E-state index contributed by atoms with van der Waals surface area (Å²) in [4.78, 5) is 50.4. The van der Waals surface area contributed by atoms with Crippen LogP contribution in [0.4, 0.5) is 0 Å². The zero-order valence-corrected chi connectivity index (χ0v) is 28.5. The van der Waals surface area contributed by atoms with Crippen LogP contribution in [0.25, 0.3) is 10.4 Å². The lowest BCUT2D eigenvalue weighted by Gasteiger charge is -2.46. The molecule has 2 aromatic carbocycles. The number of ketones is 1. The highest BCUT2D eigenvalue weighted by Gasteiger charge is 2.43. The number of piperidine rings is 1. The van der Waals surface area contributed by atoms with Gasteiger partial charge in [-0.2, -0.15) is 0 Å². The Bertz CT molecular complexity index is 1690. The van der Waals surface area contributed by atoms with Crippen LogP contribution in [0, 0.1) is 16.0 Å². The van der Waals surface area contributed by atoms with Crippen molar-refractivity contribution in [1.29, 1.82) is 0 Å². The van der Waals surface area contributed by atoms with Gasteiger partial charge in [-0.25, -0.2) is 0 Å². The molecule has 0 bridgehead atoms. The summed E-state index contributed by atoms with van der Waals surface area (Å²) in [7, 11) is 0. The van der Waals surface area contributed by atoms with Crippen molar-refractivity contribution in [3.8, 4) is 0 Å². The van der Waals surface area contributed by atoms with Crippen LogP contribution in [0.15, 0.2) is 114 Å². The lowest BCUT2D eigenvalue weighted by Crippen LogP contribution is -2.57. The zero-order valence-electron chi connectivity index (χ0n) is 28.5. The molecule has 1 aliphatic carbocycles. The fourth-order valence-corrected chi connectivity index (χ4v) is 7.33. The van der Waals surface area contributed by atoms with Crippen LogP contribution in [0.2, 0.25) is 0 Å². The predicted molar refractivity (Wildman–Crippen MR) is 190 cm³/mol. The van der Waals surface area contributed by atoms with Gasteiger partial charge in [0.15, 0.2) is 0 Å². The maximum absolute atomic E-state index is 14.4. The first-order valence-corrected chi connectivity index (χ1v) is 16.9. The van der Waals surface area contributed by atoms with E-state index < -0.39 is 28.8 Å². The molecule has 0 spiro atoms. The lowest BCUT2D eigenvalue weighted by atomic mass is 9.68. The number of rotatable bonds is 15. The number of amides is 1. The van der Waals surface area contributed by atoms with Gasteiger partial charge in [0.2, 0.25) is 0 Å². The van der Waals surface area contributed by atoms with Gasteiger partial charge in [-0.15, -0.1) is 0 Å². The second kappa shape index (κ2) is 17.0. The second-order valence-corrected chi connectivity index (χ2v) is 12.9. The van der Waals surface area contributed by atoms with Gasteiger partial charge >= 0.3 is 0 Å². The van der Waals surface area contributed by atoms with E-state index in [1.807, 2.05) is 12.1 Å². The molecule has 1 fully saturated rings. The zero-order chi connectivity index (χ0) is 35.5. The van der Waals surface area contributed by atoms with Crippen molar-refractivity contribution < 1.29 is 19.2 Å². The van der Waals surface area contributed by atoms with E-state index in [1.165, 1.54) is 36.4 Å². The van der Waals surface area contributed by atoms with Crippen molar-refractivity contribution in [2.75, 3.05) is 39.4 Å². The van der Waals surface area contributed by atoms with E-state index in [-0.39, 0.29) is 48.8 Å². The summed E-state index contributed by atoms with van der Waals surface area (Å²) in [6.45, 7) is 5.32. The molecule has 2 heterocycles. The molecule has 0 N–H and O–H groups in total. The number of nitrogens with zero attached hydrogens (tertiary/aromatic N) is 7. The minimum absolute atomic E-state index is 0.00877. The first-order chi connectivity index (χ1) is 24.2. The van der Waals surface area contributed by atoms with Crippen LogP contribution in [0.3, 0.4) is 0 Å². The van der Waals surface area contributed by atoms with E-state index in [2.05, 4.69) is 68.4 Å². The van der Waals surface area contributed by atoms with Gasteiger partial charge < -0.3 is 14.5 Å². The molecule has 2 aliphatic rings. The third-order valence-corrected chi connectivity index (χ3v) is 9.97. The van der Waals surface area contributed by atoms with Crippen LogP contribution in [0.1, 0.15) is 54.7 Å². The third kappa shape index (κ3) is 8.34. The van der Waals surface area contributed by atoms with Crippen LogP contribution >= 0.6 is 0 Å². The maximum atomic E-state index is 14.4. The Labute approximate surface area is 292 Å². The molecule has 12 nitrogen and oxygen atoms in total. The average Bonchev–Trinajstić information content (AvgIpc) is 3.15. The molecule has 3 aromatic rings. The molecule has 0 radical (unpaired) electrons. The molecule has 1 saturated heterocycles. The highest BCUT2D eigenvalue weighted by molar-refractivity contribution is 5.93. The van der Waals surface area contributed by atoms with Gasteiger partial charge in [0.05, 0.1) is 36.1 Å². The van der Waals surface area contributed by atoms with E-state index in [1.54, 1.807) is 30.0 Å². The number of pyridine rings is 1. The second-order valence-electron chi connectivity index (χ2n) is 12.9. The predicted octanol–water partition coefficient (Wildman–Crippen LogP) is 6.39. The van der Waals surface area contributed by atoms with Crippen LogP contribution < -0.4 is 0 Å². The normalized spacial score (nSPS) is 18.5. The van der Waals surface area contributed by atoms with Crippen molar-refractivity contribution in [2.45, 2.75) is 50.6 Å². The van der Waals surface area contributed by atoms with Gasteiger partial charge in [-0.3, -0.25) is 24.7 Å². The Kier molecular flexibility index (Phi) is 12.3. The number of hydrogen-bond acceptors (Lipinski definition) is 8. The highest BCUT2D eigenvalue weighted by Crippen LogP contribution is 2.42. The number of carbonyl (C=O) groups excluding carboxylic acids is 2. The number of allylic oxidation sites excluding steroid dienone is 1. The first-order valence-electron chi connectivity index (χ1n) is 16.9. The van der Waals surface area contributed by atoms with Crippen LogP contribution in [-0.2, 0) is 14.9 Å². The topological polar surface area (TPSA) is 155 Å². The highest BCUT2D eigenvalue weighted by atomic mass is 16.6. The molecule has 3 unspecified atom stereocenters. The molecule has 50 heavy (non-hydrogen) atoms. The Morgan fingerprint density at radius 2 is 1.72 bits per heavy atom. The van der Waals surface area contributed by atoms with Crippen molar-refractivity contribution in [1.82, 2.24) is 14.8 Å². The monoisotopic (exact) mass is 677 g/mol.